The topological polar surface area (TPSA) is 72.8 Å². The van der Waals surface area contributed by atoms with E-state index in [0.717, 1.165) is 0 Å². The molecule has 1 rings (SSSR count). The molecule has 0 bridgehead atoms. The van der Waals surface area contributed by atoms with Crippen molar-refractivity contribution < 1.29 is 24.2 Å². The van der Waals surface area contributed by atoms with Gasteiger partial charge in [0.2, 0.25) is 0 Å². The second-order valence-electron chi connectivity index (χ2n) is 3.92. The summed E-state index contributed by atoms with van der Waals surface area (Å²) >= 11 is 3.22. The molecule has 19 heavy (non-hydrogen) atoms. The van der Waals surface area contributed by atoms with Gasteiger partial charge in [-0.25, -0.2) is 9.59 Å². The van der Waals surface area contributed by atoms with Gasteiger partial charge in [-0.1, -0.05) is 15.9 Å². The van der Waals surface area contributed by atoms with E-state index in [-0.39, 0.29) is 17.9 Å². The maximum atomic E-state index is 11.5. The van der Waals surface area contributed by atoms with Crippen LogP contribution in [0.4, 0.5) is 0 Å². The van der Waals surface area contributed by atoms with Crippen LogP contribution in [0.25, 0.3) is 0 Å². The van der Waals surface area contributed by atoms with Crippen LogP contribution in [-0.2, 0) is 9.53 Å². The Morgan fingerprint density at radius 2 is 2.05 bits per heavy atom. The molecule has 104 valence electrons. The quantitative estimate of drug-likeness (QED) is 0.840. The van der Waals surface area contributed by atoms with E-state index >= 15 is 0 Å². The van der Waals surface area contributed by atoms with Crippen molar-refractivity contribution in [3.63, 3.8) is 0 Å². The summed E-state index contributed by atoms with van der Waals surface area (Å²) < 4.78 is 10.9. The monoisotopic (exact) mass is 330 g/mol. The first-order chi connectivity index (χ1) is 8.86. The molecule has 0 saturated carbocycles. The Hall–Kier alpha value is -1.56. The number of ether oxygens (including phenoxy) is 2. The lowest BCUT2D eigenvalue weighted by molar-refractivity contribution is -0.150. The van der Waals surface area contributed by atoms with E-state index in [1.807, 2.05) is 0 Å². The molecule has 1 atom stereocenters. The molecule has 1 aromatic carbocycles. The van der Waals surface area contributed by atoms with Gasteiger partial charge in [0.05, 0.1) is 6.61 Å². The molecule has 0 aliphatic heterocycles. The highest BCUT2D eigenvalue weighted by atomic mass is 79.9. The second kappa shape index (κ2) is 6.56. The summed E-state index contributed by atoms with van der Waals surface area (Å²) in [6.07, 6.45) is -0.863. The summed E-state index contributed by atoms with van der Waals surface area (Å²) in [6, 6.07) is 3.15. The molecule has 0 spiro atoms. The first-order valence-corrected chi connectivity index (χ1v) is 6.52. The minimum Gasteiger partial charge on any atom is -0.478 e. The number of hydrogen-bond donors (Lipinski definition) is 1. The van der Waals surface area contributed by atoms with E-state index in [9.17, 15) is 9.59 Å². The Bertz CT molecular complexity index is 498. The Labute approximate surface area is 119 Å². The molecule has 0 heterocycles. The molecule has 1 aromatic rings. The molecule has 0 amide bonds. The molecule has 0 aliphatic carbocycles. The second-order valence-corrected chi connectivity index (χ2v) is 4.83. The van der Waals surface area contributed by atoms with Gasteiger partial charge in [-0.15, -0.1) is 0 Å². The smallest absolute Gasteiger partial charge is 0.347 e. The van der Waals surface area contributed by atoms with Crippen LogP contribution in [0.3, 0.4) is 0 Å². The molecule has 6 heteroatoms. The summed E-state index contributed by atoms with van der Waals surface area (Å²) in [5.41, 5.74) is 0.631. The maximum absolute atomic E-state index is 11.5. The lowest BCUT2D eigenvalue weighted by Crippen LogP contribution is -2.27. The molecule has 1 N–H and O–H groups in total. The van der Waals surface area contributed by atoms with E-state index in [1.165, 1.54) is 13.0 Å². The zero-order chi connectivity index (χ0) is 14.6. The van der Waals surface area contributed by atoms with Crippen molar-refractivity contribution >= 4 is 27.9 Å². The Morgan fingerprint density at radius 3 is 2.58 bits per heavy atom. The molecular weight excluding hydrogens is 316 g/mol. The lowest BCUT2D eigenvalue weighted by Gasteiger charge is -2.17. The highest BCUT2D eigenvalue weighted by molar-refractivity contribution is 9.10. The number of carbonyl (C=O) groups excluding carboxylic acids is 1. The van der Waals surface area contributed by atoms with Crippen molar-refractivity contribution in [2.75, 3.05) is 6.61 Å². The van der Waals surface area contributed by atoms with Crippen molar-refractivity contribution in [3.05, 3.63) is 27.7 Å². The molecule has 0 aromatic heterocycles. The number of aromatic carboxylic acids is 1. The predicted molar refractivity (Wildman–Crippen MR) is 72.6 cm³/mol. The number of benzene rings is 1. The summed E-state index contributed by atoms with van der Waals surface area (Å²) in [5, 5.41) is 9.15. The van der Waals surface area contributed by atoms with Crippen molar-refractivity contribution in [1.82, 2.24) is 0 Å². The van der Waals surface area contributed by atoms with Gasteiger partial charge in [0, 0.05) is 4.47 Å². The summed E-state index contributed by atoms with van der Waals surface area (Å²) in [6.45, 7) is 5.17. The number of hydrogen-bond acceptors (Lipinski definition) is 4. The zero-order valence-electron chi connectivity index (χ0n) is 10.9. The third-order valence-electron chi connectivity index (χ3n) is 2.38. The predicted octanol–water partition coefficient (Wildman–Crippen LogP) is 2.79. The minimum atomic E-state index is -1.12. The van der Waals surface area contributed by atoms with E-state index < -0.39 is 18.0 Å². The third kappa shape index (κ3) is 3.96. The molecular formula is C13H15BrO5. The molecule has 1 unspecified atom stereocenters. The molecule has 0 radical (unpaired) electrons. The number of esters is 1. The third-order valence-corrected chi connectivity index (χ3v) is 2.84. The van der Waals surface area contributed by atoms with Crippen LogP contribution < -0.4 is 4.74 Å². The van der Waals surface area contributed by atoms with Crippen LogP contribution in [-0.4, -0.2) is 29.8 Å². The number of halogens is 1. The number of rotatable bonds is 5. The fourth-order valence-corrected chi connectivity index (χ4v) is 2.10. The van der Waals surface area contributed by atoms with E-state index in [0.29, 0.717) is 10.0 Å². The fraction of sp³-hybridized carbons (Fsp3) is 0.385. The molecule has 0 fully saturated rings. The average molecular weight is 331 g/mol. The van der Waals surface area contributed by atoms with Gasteiger partial charge in [-0.3, -0.25) is 0 Å². The van der Waals surface area contributed by atoms with Gasteiger partial charge in [-0.05, 0) is 38.5 Å². The van der Waals surface area contributed by atoms with Gasteiger partial charge in [0.25, 0.3) is 0 Å². The van der Waals surface area contributed by atoms with Crippen molar-refractivity contribution in [1.29, 1.82) is 0 Å². The summed E-state index contributed by atoms with van der Waals surface area (Å²) in [4.78, 5) is 22.7. The van der Waals surface area contributed by atoms with Gasteiger partial charge >= 0.3 is 11.9 Å². The van der Waals surface area contributed by atoms with Gasteiger partial charge < -0.3 is 14.6 Å². The fourth-order valence-electron chi connectivity index (χ4n) is 1.53. The summed E-state index contributed by atoms with van der Waals surface area (Å²) in [5.74, 6) is -1.46. The average Bonchev–Trinajstić information content (AvgIpc) is 2.32. The van der Waals surface area contributed by atoms with Crippen LogP contribution in [0, 0.1) is 6.92 Å². The first-order valence-electron chi connectivity index (χ1n) is 5.73. The SMILES string of the molecule is CCOC(=O)C(C)Oc1c(C)cc(Br)cc1C(=O)O. The maximum Gasteiger partial charge on any atom is 0.347 e. The van der Waals surface area contributed by atoms with Gasteiger partial charge in [0.1, 0.15) is 11.3 Å². The normalized spacial score (nSPS) is 11.8. The van der Waals surface area contributed by atoms with Crippen LogP contribution in [0.15, 0.2) is 16.6 Å². The summed E-state index contributed by atoms with van der Waals surface area (Å²) in [7, 11) is 0. The number of aryl methyl sites for hydroxylation is 1. The minimum absolute atomic E-state index is 0.00280. The van der Waals surface area contributed by atoms with Crippen molar-refractivity contribution in [2.45, 2.75) is 26.9 Å². The van der Waals surface area contributed by atoms with Crippen LogP contribution in [0.1, 0.15) is 29.8 Å². The number of carboxylic acids is 1. The number of carbonyl (C=O) groups is 2. The van der Waals surface area contributed by atoms with Gasteiger partial charge in [-0.2, -0.15) is 0 Å². The first kappa shape index (κ1) is 15.5. The van der Waals surface area contributed by atoms with Crippen molar-refractivity contribution in [2.24, 2.45) is 0 Å². The zero-order valence-corrected chi connectivity index (χ0v) is 12.5. The van der Waals surface area contributed by atoms with Gasteiger partial charge in [0.15, 0.2) is 6.10 Å². The largest absolute Gasteiger partial charge is 0.478 e. The van der Waals surface area contributed by atoms with Crippen molar-refractivity contribution in [3.8, 4) is 5.75 Å². The Balaban J connectivity index is 3.06. The standard InChI is InChI=1S/C13H15BrO5/c1-4-18-13(17)8(3)19-11-7(2)5-9(14)6-10(11)12(15)16/h5-6,8H,4H2,1-3H3,(H,15,16). The van der Waals surface area contributed by atoms with Crippen LogP contribution >= 0.6 is 15.9 Å². The highest BCUT2D eigenvalue weighted by Gasteiger charge is 2.21. The van der Waals surface area contributed by atoms with Crippen LogP contribution in [0.5, 0.6) is 5.75 Å². The molecule has 0 saturated heterocycles. The highest BCUT2D eigenvalue weighted by Crippen LogP contribution is 2.29. The van der Waals surface area contributed by atoms with E-state index in [2.05, 4.69) is 15.9 Å². The van der Waals surface area contributed by atoms with Crippen LogP contribution in [0.2, 0.25) is 0 Å². The van der Waals surface area contributed by atoms with E-state index in [4.69, 9.17) is 14.6 Å². The Kier molecular flexibility index (Phi) is 5.35. The number of carboxylic acid groups (broad SMARTS) is 1. The molecule has 0 aliphatic rings. The molecule has 5 nitrogen and oxygen atoms in total. The lowest BCUT2D eigenvalue weighted by atomic mass is 10.1. The van der Waals surface area contributed by atoms with E-state index in [1.54, 1.807) is 19.9 Å². The Morgan fingerprint density at radius 1 is 1.42 bits per heavy atom.